The Kier molecular flexibility index (Phi) is 5.76. The molecule has 0 bridgehead atoms. The van der Waals surface area contributed by atoms with Crippen LogP contribution < -0.4 is 10.5 Å². The normalized spacial score (nSPS) is 12.1. The summed E-state index contributed by atoms with van der Waals surface area (Å²) in [6.07, 6.45) is 1.51. The van der Waals surface area contributed by atoms with Gasteiger partial charge in [-0.1, -0.05) is 19.4 Å². The number of nitrogens with zero attached hydrogens (tertiary/aromatic N) is 1. The SMILES string of the molecule is CCC[C@H](N)C(=O)N(C)Cc1ccc(OC)c(F)c1. The summed E-state index contributed by atoms with van der Waals surface area (Å²) in [6, 6.07) is 4.16. The summed E-state index contributed by atoms with van der Waals surface area (Å²) < 4.78 is 18.4. The van der Waals surface area contributed by atoms with Gasteiger partial charge in [0, 0.05) is 13.6 Å². The van der Waals surface area contributed by atoms with E-state index in [1.54, 1.807) is 19.2 Å². The number of amides is 1. The fourth-order valence-electron chi connectivity index (χ4n) is 1.88. The highest BCUT2D eigenvalue weighted by Gasteiger charge is 2.17. The summed E-state index contributed by atoms with van der Waals surface area (Å²) >= 11 is 0. The average molecular weight is 268 g/mol. The Labute approximate surface area is 113 Å². The Balaban J connectivity index is 2.68. The topological polar surface area (TPSA) is 55.6 Å². The van der Waals surface area contributed by atoms with Gasteiger partial charge in [0.1, 0.15) is 0 Å². The van der Waals surface area contributed by atoms with Gasteiger partial charge in [0.15, 0.2) is 11.6 Å². The molecule has 0 spiro atoms. The van der Waals surface area contributed by atoms with Gasteiger partial charge < -0.3 is 15.4 Å². The van der Waals surface area contributed by atoms with E-state index in [-0.39, 0.29) is 11.7 Å². The molecule has 1 aromatic carbocycles. The first-order valence-corrected chi connectivity index (χ1v) is 6.32. The van der Waals surface area contributed by atoms with Gasteiger partial charge in [0.25, 0.3) is 0 Å². The van der Waals surface area contributed by atoms with Crippen LogP contribution in [0.5, 0.6) is 5.75 Å². The van der Waals surface area contributed by atoms with Crippen LogP contribution in [0, 0.1) is 5.82 Å². The van der Waals surface area contributed by atoms with E-state index >= 15 is 0 Å². The minimum Gasteiger partial charge on any atom is -0.494 e. The van der Waals surface area contributed by atoms with Crippen molar-refractivity contribution in [2.24, 2.45) is 5.73 Å². The molecule has 0 radical (unpaired) electrons. The van der Waals surface area contributed by atoms with Crippen LogP contribution in [0.15, 0.2) is 18.2 Å². The van der Waals surface area contributed by atoms with E-state index in [4.69, 9.17) is 10.5 Å². The van der Waals surface area contributed by atoms with E-state index in [1.165, 1.54) is 18.1 Å². The number of carbonyl (C=O) groups excluding carboxylic acids is 1. The zero-order chi connectivity index (χ0) is 14.4. The molecule has 0 saturated heterocycles. The molecule has 4 nitrogen and oxygen atoms in total. The molecule has 1 atom stereocenters. The van der Waals surface area contributed by atoms with Gasteiger partial charge in [-0.05, 0) is 24.1 Å². The molecule has 0 aliphatic heterocycles. The second-order valence-corrected chi connectivity index (χ2v) is 4.56. The molecule has 0 fully saturated rings. The third-order valence-corrected chi connectivity index (χ3v) is 2.93. The maximum Gasteiger partial charge on any atom is 0.239 e. The first-order valence-electron chi connectivity index (χ1n) is 6.32. The molecule has 0 heterocycles. The van der Waals surface area contributed by atoms with Crippen LogP contribution in [0.1, 0.15) is 25.3 Å². The maximum atomic E-state index is 13.5. The van der Waals surface area contributed by atoms with Gasteiger partial charge in [-0.25, -0.2) is 4.39 Å². The zero-order valence-corrected chi connectivity index (χ0v) is 11.6. The molecule has 19 heavy (non-hydrogen) atoms. The highest BCUT2D eigenvalue weighted by molar-refractivity contribution is 5.81. The minimum atomic E-state index is -0.488. The molecule has 0 unspecified atom stereocenters. The van der Waals surface area contributed by atoms with Crippen LogP contribution in [-0.4, -0.2) is 31.0 Å². The van der Waals surface area contributed by atoms with Gasteiger partial charge in [0.05, 0.1) is 13.2 Å². The van der Waals surface area contributed by atoms with Crippen molar-refractivity contribution in [1.29, 1.82) is 0 Å². The number of benzene rings is 1. The summed E-state index contributed by atoms with van der Waals surface area (Å²) in [5, 5.41) is 0. The summed E-state index contributed by atoms with van der Waals surface area (Å²) in [5.74, 6) is -0.364. The molecule has 0 aromatic heterocycles. The van der Waals surface area contributed by atoms with E-state index in [2.05, 4.69) is 0 Å². The average Bonchev–Trinajstić information content (AvgIpc) is 2.38. The monoisotopic (exact) mass is 268 g/mol. The molecule has 5 heteroatoms. The Bertz CT molecular complexity index is 437. The molecule has 1 amide bonds. The molecule has 1 aromatic rings. The standard InChI is InChI=1S/C14H21FN2O2/c1-4-5-12(16)14(18)17(2)9-10-6-7-13(19-3)11(15)8-10/h6-8,12H,4-5,9,16H2,1-3H3/t12-/m0/s1. The lowest BCUT2D eigenvalue weighted by Gasteiger charge is -2.21. The molecule has 106 valence electrons. The summed E-state index contributed by atoms with van der Waals surface area (Å²) in [4.78, 5) is 13.4. The smallest absolute Gasteiger partial charge is 0.239 e. The number of hydrogen-bond acceptors (Lipinski definition) is 3. The predicted molar refractivity (Wildman–Crippen MR) is 72.3 cm³/mol. The third kappa shape index (κ3) is 4.21. The largest absolute Gasteiger partial charge is 0.494 e. The summed E-state index contributed by atoms with van der Waals surface area (Å²) in [7, 11) is 3.08. The number of carbonyl (C=O) groups is 1. The molecular formula is C14H21FN2O2. The molecule has 1 rings (SSSR count). The Hall–Kier alpha value is -1.62. The Morgan fingerprint density at radius 2 is 2.21 bits per heavy atom. The number of rotatable bonds is 6. The number of nitrogens with two attached hydrogens (primary N) is 1. The fraction of sp³-hybridized carbons (Fsp3) is 0.500. The van der Waals surface area contributed by atoms with Crippen LogP contribution >= 0.6 is 0 Å². The van der Waals surface area contributed by atoms with Gasteiger partial charge in [-0.3, -0.25) is 4.79 Å². The van der Waals surface area contributed by atoms with Crippen molar-refractivity contribution < 1.29 is 13.9 Å². The molecule has 0 aliphatic carbocycles. The van der Waals surface area contributed by atoms with Crippen molar-refractivity contribution in [3.8, 4) is 5.75 Å². The van der Waals surface area contributed by atoms with Crippen LogP contribution in [0.25, 0.3) is 0 Å². The number of ether oxygens (including phenoxy) is 1. The van der Waals surface area contributed by atoms with E-state index in [0.29, 0.717) is 18.5 Å². The number of methoxy groups -OCH3 is 1. The molecular weight excluding hydrogens is 247 g/mol. The van der Waals surface area contributed by atoms with Crippen LogP contribution in [0.4, 0.5) is 4.39 Å². The Morgan fingerprint density at radius 3 is 2.74 bits per heavy atom. The van der Waals surface area contributed by atoms with Crippen LogP contribution in [0.3, 0.4) is 0 Å². The van der Waals surface area contributed by atoms with E-state index < -0.39 is 11.9 Å². The van der Waals surface area contributed by atoms with Crippen molar-refractivity contribution in [2.45, 2.75) is 32.4 Å². The van der Waals surface area contributed by atoms with Gasteiger partial charge >= 0.3 is 0 Å². The lowest BCUT2D eigenvalue weighted by molar-refractivity contribution is -0.132. The number of likely N-dealkylation sites (N-methyl/N-ethyl adjacent to an activating group) is 1. The summed E-state index contributed by atoms with van der Waals surface area (Å²) in [6.45, 7) is 2.31. The number of halogens is 1. The lowest BCUT2D eigenvalue weighted by atomic mass is 10.1. The zero-order valence-electron chi connectivity index (χ0n) is 11.6. The van der Waals surface area contributed by atoms with Crippen LogP contribution in [-0.2, 0) is 11.3 Å². The first kappa shape index (κ1) is 15.4. The lowest BCUT2D eigenvalue weighted by Crippen LogP contribution is -2.41. The van der Waals surface area contributed by atoms with Gasteiger partial charge in [-0.15, -0.1) is 0 Å². The van der Waals surface area contributed by atoms with Crippen molar-refractivity contribution >= 4 is 5.91 Å². The minimum absolute atomic E-state index is 0.127. The quantitative estimate of drug-likeness (QED) is 0.857. The van der Waals surface area contributed by atoms with Crippen LogP contribution in [0.2, 0.25) is 0 Å². The van der Waals surface area contributed by atoms with Crippen molar-refractivity contribution in [1.82, 2.24) is 4.90 Å². The highest BCUT2D eigenvalue weighted by atomic mass is 19.1. The van der Waals surface area contributed by atoms with Crippen molar-refractivity contribution in [3.05, 3.63) is 29.6 Å². The second kappa shape index (κ2) is 7.09. The van der Waals surface area contributed by atoms with E-state index in [9.17, 15) is 9.18 Å². The van der Waals surface area contributed by atoms with Gasteiger partial charge in [-0.2, -0.15) is 0 Å². The number of hydrogen-bond donors (Lipinski definition) is 1. The molecule has 2 N–H and O–H groups in total. The highest BCUT2D eigenvalue weighted by Crippen LogP contribution is 2.18. The van der Waals surface area contributed by atoms with Crippen molar-refractivity contribution in [3.63, 3.8) is 0 Å². The second-order valence-electron chi connectivity index (χ2n) is 4.56. The molecule has 0 saturated carbocycles. The fourth-order valence-corrected chi connectivity index (χ4v) is 1.88. The van der Waals surface area contributed by atoms with Crippen molar-refractivity contribution in [2.75, 3.05) is 14.2 Å². The Morgan fingerprint density at radius 1 is 1.53 bits per heavy atom. The maximum absolute atomic E-state index is 13.5. The summed E-state index contributed by atoms with van der Waals surface area (Å²) in [5.41, 5.74) is 6.48. The predicted octanol–water partition coefficient (Wildman–Crippen LogP) is 1.92. The first-order chi connectivity index (χ1) is 8.99. The van der Waals surface area contributed by atoms with Gasteiger partial charge in [0.2, 0.25) is 5.91 Å². The molecule has 0 aliphatic rings. The third-order valence-electron chi connectivity index (χ3n) is 2.93. The van der Waals surface area contributed by atoms with E-state index in [1.807, 2.05) is 6.92 Å². The van der Waals surface area contributed by atoms with E-state index in [0.717, 1.165) is 6.42 Å².